The molecule has 4 rings (SSSR count). The van der Waals surface area contributed by atoms with Gasteiger partial charge in [0.25, 0.3) is 5.91 Å². The maximum Gasteiger partial charge on any atom is 0.257 e. The number of hydrogen-bond acceptors (Lipinski definition) is 3. The summed E-state index contributed by atoms with van der Waals surface area (Å²) in [6.07, 6.45) is 6.95. The zero-order chi connectivity index (χ0) is 21.8. The molecule has 1 atom stereocenters. The van der Waals surface area contributed by atoms with Crippen LogP contribution in [0.1, 0.15) is 68.2 Å². The molecule has 2 aromatic carbocycles. The van der Waals surface area contributed by atoms with Crippen LogP contribution in [0.4, 0.5) is 0 Å². The van der Waals surface area contributed by atoms with Crippen molar-refractivity contribution in [2.75, 3.05) is 13.1 Å². The summed E-state index contributed by atoms with van der Waals surface area (Å²) in [7, 11) is 0. The van der Waals surface area contributed by atoms with Gasteiger partial charge in [-0.2, -0.15) is 5.10 Å². The standard InChI is InChI=1S/C26H32ClN3O/c1-3-29(23-10-5-4-6-11-23)18-26(31)30-25(20-12-14-22(27)15-13-20)17-24(28-30)21-9-7-8-19(2)16-21/h7-9,12-16,23,25H,3-6,10-11,17-18H2,1-2H3. The Hall–Kier alpha value is -2.17. The fourth-order valence-electron chi connectivity index (χ4n) is 4.88. The lowest BCUT2D eigenvalue weighted by atomic mass is 9.94. The van der Waals surface area contributed by atoms with Gasteiger partial charge >= 0.3 is 0 Å². The summed E-state index contributed by atoms with van der Waals surface area (Å²) < 4.78 is 0. The number of nitrogens with zero attached hydrogens (tertiary/aromatic N) is 3. The molecule has 1 unspecified atom stereocenters. The van der Waals surface area contributed by atoms with Crippen molar-refractivity contribution >= 4 is 23.2 Å². The van der Waals surface area contributed by atoms with Gasteiger partial charge in [-0.1, -0.05) is 79.7 Å². The second-order valence-corrected chi connectivity index (χ2v) is 9.22. The predicted octanol–water partition coefficient (Wildman–Crippen LogP) is 5.98. The van der Waals surface area contributed by atoms with E-state index in [-0.39, 0.29) is 11.9 Å². The molecule has 0 aromatic heterocycles. The molecular formula is C26H32ClN3O. The Kier molecular flexibility index (Phi) is 7.09. The highest BCUT2D eigenvalue weighted by Gasteiger charge is 2.34. The summed E-state index contributed by atoms with van der Waals surface area (Å²) in [5.41, 5.74) is 4.33. The third kappa shape index (κ3) is 5.19. The molecule has 1 heterocycles. The summed E-state index contributed by atoms with van der Waals surface area (Å²) in [4.78, 5) is 15.9. The maximum absolute atomic E-state index is 13.5. The van der Waals surface area contributed by atoms with Gasteiger partial charge in [0.2, 0.25) is 0 Å². The Morgan fingerprint density at radius 2 is 1.87 bits per heavy atom. The number of carbonyl (C=O) groups excluding carboxylic acids is 1. The van der Waals surface area contributed by atoms with Crippen molar-refractivity contribution in [3.05, 3.63) is 70.2 Å². The van der Waals surface area contributed by atoms with E-state index < -0.39 is 0 Å². The van der Waals surface area contributed by atoms with Gasteiger partial charge in [-0.3, -0.25) is 9.69 Å². The van der Waals surface area contributed by atoms with Crippen LogP contribution in [0.3, 0.4) is 0 Å². The van der Waals surface area contributed by atoms with Gasteiger partial charge < -0.3 is 0 Å². The number of carbonyl (C=O) groups is 1. The minimum atomic E-state index is -0.0923. The molecule has 0 radical (unpaired) electrons. The molecule has 2 aliphatic rings. The first-order chi connectivity index (χ1) is 15.0. The lowest BCUT2D eigenvalue weighted by Gasteiger charge is -2.34. The van der Waals surface area contributed by atoms with Crippen LogP contribution >= 0.6 is 11.6 Å². The molecule has 0 N–H and O–H groups in total. The molecule has 1 saturated carbocycles. The third-order valence-corrected chi connectivity index (χ3v) is 6.86. The van der Waals surface area contributed by atoms with Gasteiger partial charge in [0.1, 0.15) is 0 Å². The molecule has 5 heteroatoms. The Balaban J connectivity index is 1.59. The van der Waals surface area contributed by atoms with Gasteiger partial charge in [-0.25, -0.2) is 5.01 Å². The minimum absolute atomic E-state index is 0.0787. The topological polar surface area (TPSA) is 35.9 Å². The van der Waals surface area contributed by atoms with Crippen LogP contribution in [0.5, 0.6) is 0 Å². The van der Waals surface area contributed by atoms with Crippen molar-refractivity contribution in [1.82, 2.24) is 9.91 Å². The van der Waals surface area contributed by atoms with Crippen LogP contribution in [-0.4, -0.2) is 40.7 Å². The lowest BCUT2D eigenvalue weighted by molar-refractivity contribution is -0.135. The predicted molar refractivity (Wildman–Crippen MR) is 127 cm³/mol. The first-order valence-corrected chi connectivity index (χ1v) is 11.9. The lowest BCUT2D eigenvalue weighted by Crippen LogP contribution is -2.44. The third-order valence-electron chi connectivity index (χ3n) is 6.61. The van der Waals surface area contributed by atoms with Crippen molar-refractivity contribution < 1.29 is 4.79 Å². The Morgan fingerprint density at radius 3 is 2.55 bits per heavy atom. The molecule has 1 fully saturated rings. The summed E-state index contributed by atoms with van der Waals surface area (Å²) in [6, 6.07) is 16.6. The summed E-state index contributed by atoms with van der Waals surface area (Å²) >= 11 is 6.12. The molecule has 0 saturated heterocycles. The molecule has 1 amide bonds. The SMILES string of the molecule is CCN(CC(=O)N1N=C(c2cccc(C)c2)CC1c1ccc(Cl)cc1)C1CCCCC1. The molecule has 1 aliphatic heterocycles. The van der Waals surface area contributed by atoms with Crippen molar-refractivity contribution in [3.63, 3.8) is 0 Å². The summed E-state index contributed by atoms with van der Waals surface area (Å²) in [5.74, 6) is 0.0787. The van der Waals surface area contributed by atoms with Gasteiger partial charge in [0.15, 0.2) is 0 Å². The van der Waals surface area contributed by atoms with E-state index in [1.54, 1.807) is 5.01 Å². The van der Waals surface area contributed by atoms with Gasteiger partial charge in [-0.15, -0.1) is 0 Å². The number of hydrazone groups is 1. The molecule has 0 bridgehead atoms. The van der Waals surface area contributed by atoms with E-state index in [2.05, 4.69) is 43.0 Å². The second-order valence-electron chi connectivity index (χ2n) is 8.78. The fraction of sp³-hybridized carbons (Fsp3) is 0.462. The highest BCUT2D eigenvalue weighted by Crippen LogP contribution is 2.34. The highest BCUT2D eigenvalue weighted by atomic mass is 35.5. The number of amides is 1. The number of benzene rings is 2. The highest BCUT2D eigenvalue weighted by molar-refractivity contribution is 6.30. The molecule has 164 valence electrons. The molecule has 4 nitrogen and oxygen atoms in total. The number of hydrogen-bond donors (Lipinski definition) is 0. The van der Waals surface area contributed by atoms with Crippen molar-refractivity contribution in [2.24, 2.45) is 5.10 Å². The Morgan fingerprint density at radius 1 is 1.13 bits per heavy atom. The molecule has 1 aliphatic carbocycles. The van der Waals surface area contributed by atoms with E-state index >= 15 is 0 Å². The first kappa shape index (κ1) is 22.0. The minimum Gasteiger partial charge on any atom is -0.292 e. The zero-order valence-corrected chi connectivity index (χ0v) is 19.3. The average Bonchev–Trinajstić information content (AvgIpc) is 3.24. The van der Waals surface area contributed by atoms with Gasteiger partial charge in [0.05, 0.1) is 18.3 Å². The van der Waals surface area contributed by atoms with E-state index in [1.807, 2.05) is 24.3 Å². The number of rotatable bonds is 6. The zero-order valence-electron chi connectivity index (χ0n) is 18.6. The van der Waals surface area contributed by atoms with Crippen LogP contribution in [0.25, 0.3) is 0 Å². The average molecular weight is 438 g/mol. The fourth-order valence-corrected chi connectivity index (χ4v) is 5.00. The maximum atomic E-state index is 13.5. The van der Waals surface area contributed by atoms with Crippen molar-refractivity contribution in [1.29, 1.82) is 0 Å². The molecule has 2 aromatic rings. The molecule has 31 heavy (non-hydrogen) atoms. The van der Waals surface area contributed by atoms with Crippen LogP contribution in [0.2, 0.25) is 5.02 Å². The number of likely N-dealkylation sites (N-methyl/N-ethyl adjacent to an activating group) is 1. The monoisotopic (exact) mass is 437 g/mol. The first-order valence-electron chi connectivity index (χ1n) is 11.5. The van der Waals surface area contributed by atoms with Crippen molar-refractivity contribution in [3.8, 4) is 0 Å². The normalized spacial score (nSPS) is 19.7. The molecular weight excluding hydrogens is 406 g/mol. The van der Waals surface area contributed by atoms with Crippen LogP contribution < -0.4 is 0 Å². The Labute approximate surface area is 190 Å². The number of aryl methyl sites for hydroxylation is 1. The molecule has 0 spiro atoms. The quantitative estimate of drug-likeness (QED) is 0.557. The van der Waals surface area contributed by atoms with Gasteiger partial charge in [-0.05, 0) is 49.6 Å². The number of halogens is 1. The van der Waals surface area contributed by atoms with E-state index in [0.717, 1.165) is 23.4 Å². The van der Waals surface area contributed by atoms with Crippen LogP contribution in [-0.2, 0) is 4.79 Å². The largest absolute Gasteiger partial charge is 0.292 e. The summed E-state index contributed by atoms with van der Waals surface area (Å²) in [6.45, 7) is 5.56. The van der Waals surface area contributed by atoms with E-state index in [0.29, 0.717) is 24.0 Å². The smallest absolute Gasteiger partial charge is 0.257 e. The van der Waals surface area contributed by atoms with Gasteiger partial charge in [0, 0.05) is 17.5 Å². The van der Waals surface area contributed by atoms with Crippen LogP contribution in [0, 0.1) is 6.92 Å². The second kappa shape index (κ2) is 9.97. The Bertz CT molecular complexity index is 934. The van der Waals surface area contributed by atoms with E-state index in [4.69, 9.17) is 16.7 Å². The van der Waals surface area contributed by atoms with E-state index in [9.17, 15) is 4.79 Å². The van der Waals surface area contributed by atoms with Crippen LogP contribution in [0.15, 0.2) is 53.6 Å². The van der Waals surface area contributed by atoms with E-state index in [1.165, 1.54) is 37.7 Å². The summed E-state index contributed by atoms with van der Waals surface area (Å²) in [5, 5.41) is 7.28. The van der Waals surface area contributed by atoms with Crippen molar-refractivity contribution in [2.45, 2.75) is 64.5 Å².